The van der Waals surface area contributed by atoms with Crippen molar-refractivity contribution in [2.75, 3.05) is 11.9 Å². The van der Waals surface area contributed by atoms with Crippen LogP contribution in [0.1, 0.15) is 22.6 Å². The SMILES string of the molecule is c1ccc2c(c1)C[C@H]1CNc3ccccc3[C@@H]21. The third-order valence-electron chi connectivity index (χ3n) is 4.19. The highest BCUT2D eigenvalue weighted by Gasteiger charge is 2.36. The molecule has 0 amide bonds. The van der Waals surface area contributed by atoms with Crippen molar-refractivity contribution in [1.29, 1.82) is 0 Å². The smallest absolute Gasteiger partial charge is 0.0379 e. The van der Waals surface area contributed by atoms with E-state index in [1.807, 2.05) is 0 Å². The fourth-order valence-corrected chi connectivity index (χ4v) is 3.46. The summed E-state index contributed by atoms with van der Waals surface area (Å²) in [5.74, 6) is 1.35. The zero-order valence-corrected chi connectivity index (χ0v) is 9.69. The van der Waals surface area contributed by atoms with Gasteiger partial charge in [-0.05, 0) is 35.1 Å². The van der Waals surface area contributed by atoms with E-state index in [-0.39, 0.29) is 0 Å². The average Bonchev–Trinajstić information content (AvgIpc) is 2.77. The van der Waals surface area contributed by atoms with E-state index in [2.05, 4.69) is 53.8 Å². The minimum absolute atomic E-state index is 0.614. The van der Waals surface area contributed by atoms with Crippen LogP contribution in [0, 0.1) is 5.92 Å². The lowest BCUT2D eigenvalue weighted by atomic mass is 9.82. The van der Waals surface area contributed by atoms with Crippen molar-refractivity contribution in [3.8, 4) is 0 Å². The molecule has 1 heteroatoms. The molecule has 1 heterocycles. The number of fused-ring (bicyclic) bond motifs is 5. The molecule has 0 spiro atoms. The third kappa shape index (κ3) is 1.25. The topological polar surface area (TPSA) is 12.0 Å². The molecule has 17 heavy (non-hydrogen) atoms. The van der Waals surface area contributed by atoms with E-state index >= 15 is 0 Å². The number of nitrogens with one attached hydrogen (secondary N) is 1. The van der Waals surface area contributed by atoms with Crippen molar-refractivity contribution in [2.45, 2.75) is 12.3 Å². The Morgan fingerprint density at radius 2 is 1.65 bits per heavy atom. The molecule has 2 aromatic rings. The number of hydrogen-bond donors (Lipinski definition) is 1. The molecule has 1 N–H and O–H groups in total. The molecule has 84 valence electrons. The highest BCUT2D eigenvalue weighted by atomic mass is 14.9. The van der Waals surface area contributed by atoms with Gasteiger partial charge in [0, 0.05) is 18.2 Å². The molecule has 2 aromatic carbocycles. The summed E-state index contributed by atoms with van der Waals surface area (Å²) in [5, 5.41) is 3.57. The van der Waals surface area contributed by atoms with Gasteiger partial charge in [0.1, 0.15) is 0 Å². The summed E-state index contributed by atoms with van der Waals surface area (Å²) in [6.45, 7) is 1.11. The van der Waals surface area contributed by atoms with Crippen molar-refractivity contribution in [3.05, 3.63) is 65.2 Å². The van der Waals surface area contributed by atoms with Gasteiger partial charge < -0.3 is 5.32 Å². The lowest BCUT2D eigenvalue weighted by Crippen LogP contribution is -2.25. The summed E-state index contributed by atoms with van der Waals surface area (Å²) in [6.07, 6.45) is 1.22. The highest BCUT2D eigenvalue weighted by Crippen LogP contribution is 2.47. The first kappa shape index (κ1) is 9.29. The first-order valence-corrected chi connectivity index (χ1v) is 6.34. The maximum absolute atomic E-state index is 3.57. The minimum Gasteiger partial charge on any atom is -0.384 e. The van der Waals surface area contributed by atoms with Gasteiger partial charge >= 0.3 is 0 Å². The minimum atomic E-state index is 0.614. The molecule has 1 nitrogen and oxygen atoms in total. The van der Waals surface area contributed by atoms with E-state index in [9.17, 15) is 0 Å². The van der Waals surface area contributed by atoms with E-state index in [1.165, 1.54) is 17.7 Å². The van der Waals surface area contributed by atoms with Gasteiger partial charge in [0.2, 0.25) is 0 Å². The first-order valence-electron chi connectivity index (χ1n) is 6.34. The quantitative estimate of drug-likeness (QED) is 0.718. The van der Waals surface area contributed by atoms with Gasteiger partial charge in [0.05, 0.1) is 0 Å². The maximum atomic E-state index is 3.57. The molecule has 2 aliphatic rings. The Morgan fingerprint density at radius 3 is 2.59 bits per heavy atom. The zero-order valence-electron chi connectivity index (χ0n) is 9.69. The van der Waals surface area contributed by atoms with E-state index in [1.54, 1.807) is 11.1 Å². The number of hydrogen-bond acceptors (Lipinski definition) is 1. The molecule has 0 radical (unpaired) electrons. The summed E-state index contributed by atoms with van der Waals surface area (Å²) in [6, 6.07) is 17.7. The van der Waals surface area contributed by atoms with Crippen LogP contribution in [0.2, 0.25) is 0 Å². The van der Waals surface area contributed by atoms with Gasteiger partial charge in [-0.1, -0.05) is 42.5 Å². The van der Waals surface area contributed by atoms with Gasteiger partial charge in [0.25, 0.3) is 0 Å². The van der Waals surface area contributed by atoms with Crippen molar-refractivity contribution >= 4 is 5.69 Å². The van der Waals surface area contributed by atoms with Crippen LogP contribution in [0.3, 0.4) is 0 Å². The molecule has 0 saturated heterocycles. The molecule has 0 unspecified atom stereocenters. The van der Waals surface area contributed by atoms with Gasteiger partial charge in [-0.3, -0.25) is 0 Å². The molecule has 0 aromatic heterocycles. The molecular formula is C16H15N. The molecule has 1 aliphatic heterocycles. The van der Waals surface area contributed by atoms with Crippen molar-refractivity contribution in [2.24, 2.45) is 5.92 Å². The summed E-state index contributed by atoms with van der Waals surface area (Å²) in [5.41, 5.74) is 5.90. The lowest BCUT2D eigenvalue weighted by molar-refractivity contribution is 0.516. The Labute approximate surface area is 101 Å². The van der Waals surface area contributed by atoms with Crippen molar-refractivity contribution in [1.82, 2.24) is 0 Å². The van der Waals surface area contributed by atoms with Crippen molar-refractivity contribution in [3.63, 3.8) is 0 Å². The average molecular weight is 221 g/mol. The van der Waals surface area contributed by atoms with E-state index in [0.717, 1.165) is 12.5 Å². The predicted molar refractivity (Wildman–Crippen MR) is 70.4 cm³/mol. The molecule has 0 saturated carbocycles. The highest BCUT2D eigenvalue weighted by molar-refractivity contribution is 5.60. The third-order valence-corrected chi connectivity index (χ3v) is 4.19. The summed E-state index contributed by atoms with van der Waals surface area (Å²) in [7, 11) is 0. The second-order valence-electron chi connectivity index (χ2n) is 5.11. The van der Waals surface area contributed by atoms with Gasteiger partial charge in [-0.2, -0.15) is 0 Å². The van der Waals surface area contributed by atoms with Gasteiger partial charge in [-0.15, -0.1) is 0 Å². The lowest BCUT2D eigenvalue weighted by Gasteiger charge is -2.30. The number of benzene rings is 2. The van der Waals surface area contributed by atoms with Crippen LogP contribution in [0.5, 0.6) is 0 Å². The predicted octanol–water partition coefficient (Wildman–Crippen LogP) is 3.42. The van der Waals surface area contributed by atoms with Crippen LogP contribution in [0.15, 0.2) is 48.5 Å². The van der Waals surface area contributed by atoms with E-state index in [0.29, 0.717) is 5.92 Å². The zero-order chi connectivity index (χ0) is 11.2. The van der Waals surface area contributed by atoms with E-state index < -0.39 is 0 Å². The number of para-hydroxylation sites is 1. The van der Waals surface area contributed by atoms with E-state index in [4.69, 9.17) is 0 Å². The monoisotopic (exact) mass is 221 g/mol. The standard InChI is InChI=1S/C16H15N/c1-2-6-13-11(5-1)9-12-10-17-15-8-4-3-7-14(15)16(12)13/h1-8,12,16-17H,9-10H2/t12-,16+/m0/s1. The Morgan fingerprint density at radius 1 is 0.882 bits per heavy atom. The number of anilines is 1. The van der Waals surface area contributed by atoms with Crippen LogP contribution >= 0.6 is 0 Å². The van der Waals surface area contributed by atoms with Crippen LogP contribution in [-0.4, -0.2) is 6.54 Å². The summed E-state index contributed by atoms with van der Waals surface area (Å²) >= 11 is 0. The fourth-order valence-electron chi connectivity index (χ4n) is 3.46. The van der Waals surface area contributed by atoms with Crippen LogP contribution < -0.4 is 5.32 Å². The maximum Gasteiger partial charge on any atom is 0.0379 e. The number of rotatable bonds is 0. The molecule has 0 bridgehead atoms. The normalized spacial score (nSPS) is 24.5. The molecular weight excluding hydrogens is 206 g/mol. The molecule has 2 atom stereocenters. The summed E-state index contributed by atoms with van der Waals surface area (Å²) < 4.78 is 0. The Kier molecular flexibility index (Phi) is 1.84. The van der Waals surface area contributed by atoms with Crippen LogP contribution in [0.25, 0.3) is 0 Å². The molecule has 1 aliphatic carbocycles. The second kappa shape index (κ2) is 3.36. The van der Waals surface area contributed by atoms with Gasteiger partial charge in [0.15, 0.2) is 0 Å². The molecule has 4 rings (SSSR count). The Hall–Kier alpha value is -1.76. The van der Waals surface area contributed by atoms with Gasteiger partial charge in [-0.25, -0.2) is 0 Å². The van der Waals surface area contributed by atoms with Crippen LogP contribution in [-0.2, 0) is 6.42 Å². The van der Waals surface area contributed by atoms with Crippen LogP contribution in [0.4, 0.5) is 5.69 Å². The second-order valence-corrected chi connectivity index (χ2v) is 5.11. The summed E-state index contributed by atoms with van der Waals surface area (Å²) in [4.78, 5) is 0. The Balaban J connectivity index is 1.92. The molecule has 0 fully saturated rings. The Bertz CT molecular complexity index is 573. The fraction of sp³-hybridized carbons (Fsp3) is 0.250. The first-order chi connectivity index (χ1) is 8.43. The largest absolute Gasteiger partial charge is 0.384 e. The van der Waals surface area contributed by atoms with Crippen molar-refractivity contribution < 1.29 is 0 Å².